The summed E-state index contributed by atoms with van der Waals surface area (Å²) in [6.07, 6.45) is 16.8. The highest BCUT2D eigenvalue weighted by Crippen LogP contribution is 2.12. The van der Waals surface area contributed by atoms with Gasteiger partial charge >= 0.3 is 0 Å². The van der Waals surface area contributed by atoms with Gasteiger partial charge in [0.25, 0.3) is 0 Å². The maximum absolute atomic E-state index is 11.7. The summed E-state index contributed by atoms with van der Waals surface area (Å²) in [4.78, 5) is 34.1. The van der Waals surface area contributed by atoms with Crippen molar-refractivity contribution in [1.29, 1.82) is 0 Å². The molecule has 0 aromatic rings. The number of imide groups is 1. The van der Waals surface area contributed by atoms with Gasteiger partial charge < -0.3 is 11.5 Å². The largest absolute Gasteiger partial charge is 0.370 e. The molecule has 3 amide bonds. The summed E-state index contributed by atoms with van der Waals surface area (Å²) in [7, 11) is 0. The maximum Gasteiger partial charge on any atom is 0.243 e. The van der Waals surface area contributed by atoms with Crippen LogP contribution in [0.5, 0.6) is 0 Å². The average molecular weight is 384 g/mol. The van der Waals surface area contributed by atoms with E-state index in [1.54, 1.807) is 0 Å². The fourth-order valence-corrected chi connectivity index (χ4v) is 3.02. The van der Waals surface area contributed by atoms with Crippen LogP contribution >= 0.6 is 0 Å². The van der Waals surface area contributed by atoms with E-state index in [2.05, 4.69) is 12.2 Å². The van der Waals surface area contributed by atoms with Crippen molar-refractivity contribution in [3.8, 4) is 0 Å². The number of amides is 3. The Morgan fingerprint density at radius 2 is 1.19 bits per heavy atom. The first-order chi connectivity index (χ1) is 13.0. The molecule has 158 valence electrons. The first kappa shape index (κ1) is 25.6. The van der Waals surface area contributed by atoms with Crippen LogP contribution < -0.4 is 16.8 Å². The van der Waals surface area contributed by atoms with Crippen LogP contribution in [0.1, 0.15) is 110 Å². The van der Waals surface area contributed by atoms with Gasteiger partial charge in [-0.05, 0) is 12.8 Å². The number of carbonyl (C=O) groups excluding carboxylic acids is 3. The molecule has 0 fully saturated rings. The van der Waals surface area contributed by atoms with Gasteiger partial charge in [-0.2, -0.15) is 0 Å². The first-order valence-corrected chi connectivity index (χ1v) is 10.8. The van der Waals surface area contributed by atoms with Crippen molar-refractivity contribution in [2.45, 2.75) is 116 Å². The van der Waals surface area contributed by atoms with E-state index in [0.717, 1.165) is 19.3 Å². The van der Waals surface area contributed by atoms with Gasteiger partial charge in [0.2, 0.25) is 17.7 Å². The summed E-state index contributed by atoms with van der Waals surface area (Å²) in [5.74, 6) is -1.33. The molecular formula is C21H41N3O3. The van der Waals surface area contributed by atoms with Gasteiger partial charge in [0, 0.05) is 12.8 Å². The minimum atomic E-state index is -0.868. The number of hydrogen-bond donors (Lipinski definition) is 3. The fraction of sp³-hybridized carbons (Fsp3) is 0.857. The summed E-state index contributed by atoms with van der Waals surface area (Å²) < 4.78 is 0. The van der Waals surface area contributed by atoms with E-state index >= 15 is 0 Å². The highest BCUT2D eigenvalue weighted by Gasteiger charge is 2.16. The van der Waals surface area contributed by atoms with E-state index in [1.807, 2.05) is 0 Å². The van der Waals surface area contributed by atoms with Gasteiger partial charge in [-0.3, -0.25) is 19.7 Å². The highest BCUT2D eigenvalue weighted by molar-refractivity contribution is 5.97. The Hall–Kier alpha value is -1.43. The molecule has 0 saturated carbocycles. The van der Waals surface area contributed by atoms with Crippen LogP contribution in [0.15, 0.2) is 0 Å². The van der Waals surface area contributed by atoms with Gasteiger partial charge in [0.15, 0.2) is 0 Å². The van der Waals surface area contributed by atoms with E-state index in [9.17, 15) is 14.4 Å². The normalized spacial score (nSPS) is 11.9. The van der Waals surface area contributed by atoms with E-state index in [4.69, 9.17) is 11.5 Å². The van der Waals surface area contributed by atoms with Crippen molar-refractivity contribution < 1.29 is 14.4 Å². The van der Waals surface area contributed by atoms with Crippen molar-refractivity contribution in [3.63, 3.8) is 0 Å². The monoisotopic (exact) mass is 383 g/mol. The molecule has 27 heavy (non-hydrogen) atoms. The van der Waals surface area contributed by atoms with E-state index in [1.165, 1.54) is 64.2 Å². The molecule has 0 saturated heterocycles. The Balaban J connectivity index is 3.43. The number of hydrogen-bond acceptors (Lipinski definition) is 4. The van der Waals surface area contributed by atoms with E-state index in [0.29, 0.717) is 6.42 Å². The summed E-state index contributed by atoms with van der Waals surface area (Å²) in [5.41, 5.74) is 10.6. The minimum Gasteiger partial charge on any atom is -0.370 e. The molecule has 0 bridgehead atoms. The molecule has 0 rings (SSSR count). The highest BCUT2D eigenvalue weighted by atomic mass is 16.2. The van der Waals surface area contributed by atoms with Gasteiger partial charge in [-0.1, -0.05) is 84.0 Å². The second kappa shape index (κ2) is 18.0. The van der Waals surface area contributed by atoms with Crippen LogP contribution in [-0.4, -0.2) is 23.8 Å². The minimum absolute atomic E-state index is 0.0433. The van der Waals surface area contributed by atoms with Crippen LogP contribution in [0.2, 0.25) is 0 Å². The Labute approximate surface area is 165 Å². The lowest BCUT2D eigenvalue weighted by atomic mass is 10.0. The van der Waals surface area contributed by atoms with Crippen molar-refractivity contribution in [3.05, 3.63) is 0 Å². The molecule has 0 unspecified atom stereocenters. The molecule has 0 aromatic heterocycles. The zero-order valence-electron chi connectivity index (χ0n) is 17.3. The summed E-state index contributed by atoms with van der Waals surface area (Å²) in [6, 6.07) is -0.868. The molecule has 6 nitrogen and oxygen atoms in total. The first-order valence-electron chi connectivity index (χ1n) is 10.8. The molecule has 0 aliphatic rings. The molecule has 0 heterocycles. The second-order valence-electron chi connectivity index (χ2n) is 7.52. The molecule has 0 aliphatic carbocycles. The maximum atomic E-state index is 11.7. The van der Waals surface area contributed by atoms with Gasteiger partial charge in [0.05, 0.1) is 6.04 Å². The van der Waals surface area contributed by atoms with E-state index < -0.39 is 17.9 Å². The fourth-order valence-electron chi connectivity index (χ4n) is 3.02. The summed E-state index contributed by atoms with van der Waals surface area (Å²) in [6.45, 7) is 2.25. The van der Waals surface area contributed by atoms with Crippen molar-refractivity contribution in [1.82, 2.24) is 5.32 Å². The molecule has 0 spiro atoms. The Bertz CT molecular complexity index is 413. The third-order valence-corrected chi connectivity index (χ3v) is 4.81. The van der Waals surface area contributed by atoms with Crippen LogP contribution in [0, 0.1) is 0 Å². The number of rotatable bonds is 18. The van der Waals surface area contributed by atoms with Crippen LogP contribution in [-0.2, 0) is 14.4 Å². The van der Waals surface area contributed by atoms with Gasteiger partial charge in [-0.15, -0.1) is 0 Å². The van der Waals surface area contributed by atoms with Gasteiger partial charge in [0.1, 0.15) is 0 Å². The smallest absolute Gasteiger partial charge is 0.243 e. The number of nitrogens with one attached hydrogen (secondary N) is 1. The SMILES string of the molecule is CCCCCCCCCCCCCCCC(=O)NC(=O)[C@@H](N)CCC(N)=O. The number of nitrogens with two attached hydrogens (primary N) is 2. The van der Waals surface area contributed by atoms with Crippen LogP contribution in [0.4, 0.5) is 0 Å². The number of unbranched alkanes of at least 4 members (excludes halogenated alkanes) is 12. The lowest BCUT2D eigenvalue weighted by Crippen LogP contribution is -2.43. The predicted octanol–water partition coefficient (Wildman–Crippen LogP) is 3.70. The van der Waals surface area contributed by atoms with E-state index in [-0.39, 0.29) is 18.7 Å². The summed E-state index contributed by atoms with van der Waals surface area (Å²) >= 11 is 0. The molecular weight excluding hydrogens is 342 g/mol. The lowest BCUT2D eigenvalue weighted by molar-refractivity contribution is -0.131. The van der Waals surface area contributed by atoms with Crippen molar-refractivity contribution in [2.24, 2.45) is 11.5 Å². The molecule has 6 heteroatoms. The van der Waals surface area contributed by atoms with Crippen molar-refractivity contribution in [2.75, 3.05) is 0 Å². The Morgan fingerprint density at radius 1 is 0.741 bits per heavy atom. The zero-order chi connectivity index (χ0) is 20.3. The van der Waals surface area contributed by atoms with Crippen LogP contribution in [0.25, 0.3) is 0 Å². The van der Waals surface area contributed by atoms with Gasteiger partial charge in [-0.25, -0.2) is 0 Å². The summed E-state index contributed by atoms with van der Waals surface area (Å²) in [5, 5.41) is 2.29. The standard InChI is InChI=1S/C21H41N3O3/c1-2-3-4-5-6-7-8-9-10-11-12-13-14-15-20(26)24-21(27)18(22)16-17-19(23)25/h18H,2-17,22H2,1H3,(H2,23,25)(H,24,26,27)/t18-/m0/s1. The predicted molar refractivity (Wildman–Crippen MR) is 110 cm³/mol. The van der Waals surface area contributed by atoms with Crippen LogP contribution in [0.3, 0.4) is 0 Å². The Kier molecular flexibility index (Phi) is 17.0. The average Bonchev–Trinajstić information content (AvgIpc) is 2.63. The topological polar surface area (TPSA) is 115 Å². The molecule has 1 atom stereocenters. The number of carbonyl (C=O) groups is 3. The third kappa shape index (κ3) is 17.7. The molecule has 5 N–H and O–H groups in total. The third-order valence-electron chi connectivity index (χ3n) is 4.81. The lowest BCUT2D eigenvalue weighted by Gasteiger charge is -2.10. The molecule has 0 radical (unpaired) electrons. The number of primary amides is 1. The quantitative estimate of drug-likeness (QED) is 0.313. The second-order valence-corrected chi connectivity index (χ2v) is 7.52. The van der Waals surface area contributed by atoms with Crippen molar-refractivity contribution >= 4 is 17.7 Å². The zero-order valence-corrected chi connectivity index (χ0v) is 17.3. The Morgan fingerprint density at radius 3 is 1.63 bits per heavy atom. The molecule has 0 aromatic carbocycles. The molecule has 0 aliphatic heterocycles.